The predicted molar refractivity (Wildman–Crippen MR) is 91.4 cm³/mol. The van der Waals surface area contributed by atoms with Crippen molar-refractivity contribution in [2.24, 2.45) is 0 Å². The van der Waals surface area contributed by atoms with Gasteiger partial charge in [-0.2, -0.15) is 0 Å². The van der Waals surface area contributed by atoms with Crippen molar-refractivity contribution >= 4 is 11.9 Å². The van der Waals surface area contributed by atoms with E-state index in [1.807, 2.05) is 12.1 Å². The molecule has 2 aromatic rings. The van der Waals surface area contributed by atoms with Crippen LogP contribution in [0.15, 0.2) is 54.6 Å². The van der Waals surface area contributed by atoms with Gasteiger partial charge in [0.15, 0.2) is 5.78 Å². The Balaban J connectivity index is 1.94. The number of allylic oxidation sites excluding steroid dienone is 1. The Morgan fingerprint density at radius 1 is 0.833 bits per heavy atom. The number of carbonyl (C=O) groups excluding carboxylic acids is 1. The summed E-state index contributed by atoms with van der Waals surface area (Å²) in [6.45, 7) is 0.407. The summed E-state index contributed by atoms with van der Waals surface area (Å²) in [5.41, 5.74) is 1.44. The fourth-order valence-corrected chi connectivity index (χ4v) is 1.99. The van der Waals surface area contributed by atoms with Crippen LogP contribution in [-0.4, -0.2) is 42.4 Å². The Hall–Kier alpha value is -2.63. The van der Waals surface area contributed by atoms with Gasteiger partial charge in [-0.1, -0.05) is 18.2 Å². The van der Waals surface area contributed by atoms with E-state index < -0.39 is 0 Å². The van der Waals surface area contributed by atoms with Gasteiger partial charge in [-0.25, -0.2) is 0 Å². The van der Waals surface area contributed by atoms with Gasteiger partial charge in [0, 0.05) is 5.56 Å². The second-order valence-electron chi connectivity index (χ2n) is 4.94. The van der Waals surface area contributed by atoms with Crippen LogP contribution in [0, 0.1) is 0 Å². The minimum Gasteiger partial charge on any atom is -0.491 e. The predicted octanol–water partition coefficient (Wildman–Crippen LogP) is 2.32. The molecule has 24 heavy (non-hydrogen) atoms. The van der Waals surface area contributed by atoms with Crippen LogP contribution in [-0.2, 0) is 0 Å². The maximum absolute atomic E-state index is 12.1. The number of benzene rings is 2. The van der Waals surface area contributed by atoms with Gasteiger partial charge in [-0.15, -0.1) is 0 Å². The molecule has 0 aliphatic rings. The first kappa shape index (κ1) is 17.7. The van der Waals surface area contributed by atoms with Crippen LogP contribution < -0.4 is 9.47 Å². The Morgan fingerprint density at radius 3 is 1.83 bits per heavy atom. The SMILES string of the molecule is O=C(/C=C/c1ccc(OCCO)cc1)c1ccc(OCCO)cc1. The van der Waals surface area contributed by atoms with Gasteiger partial charge in [0.1, 0.15) is 24.7 Å². The maximum atomic E-state index is 12.1. The van der Waals surface area contributed by atoms with Crippen LogP contribution >= 0.6 is 0 Å². The fraction of sp³-hybridized carbons (Fsp3) is 0.211. The van der Waals surface area contributed by atoms with E-state index in [-0.39, 0.29) is 32.2 Å². The Kier molecular flexibility index (Phi) is 7.01. The molecule has 0 fully saturated rings. The molecule has 0 radical (unpaired) electrons. The second-order valence-corrected chi connectivity index (χ2v) is 4.94. The van der Waals surface area contributed by atoms with Crippen molar-refractivity contribution in [3.05, 3.63) is 65.7 Å². The molecule has 126 valence electrons. The third kappa shape index (κ3) is 5.53. The van der Waals surface area contributed by atoms with E-state index >= 15 is 0 Å². The second kappa shape index (κ2) is 9.50. The number of ketones is 1. The normalized spacial score (nSPS) is 10.8. The topological polar surface area (TPSA) is 76.0 Å². The molecule has 0 unspecified atom stereocenters. The van der Waals surface area contributed by atoms with E-state index in [1.54, 1.807) is 42.5 Å². The van der Waals surface area contributed by atoms with Crippen molar-refractivity contribution in [3.63, 3.8) is 0 Å². The van der Waals surface area contributed by atoms with Gasteiger partial charge in [0.05, 0.1) is 13.2 Å². The molecule has 0 bridgehead atoms. The van der Waals surface area contributed by atoms with Crippen molar-refractivity contribution < 1.29 is 24.5 Å². The van der Waals surface area contributed by atoms with Gasteiger partial charge in [-0.3, -0.25) is 4.79 Å². The first-order valence-corrected chi connectivity index (χ1v) is 7.63. The molecule has 5 nitrogen and oxygen atoms in total. The number of ether oxygens (including phenoxy) is 2. The molecule has 0 saturated carbocycles. The van der Waals surface area contributed by atoms with Crippen LogP contribution in [0.5, 0.6) is 11.5 Å². The van der Waals surface area contributed by atoms with E-state index in [0.29, 0.717) is 17.1 Å². The minimum absolute atomic E-state index is 0.0278. The van der Waals surface area contributed by atoms with E-state index in [2.05, 4.69) is 0 Å². The summed E-state index contributed by atoms with van der Waals surface area (Å²) in [7, 11) is 0. The maximum Gasteiger partial charge on any atom is 0.185 e. The first-order valence-electron chi connectivity index (χ1n) is 7.63. The summed E-state index contributed by atoms with van der Waals surface area (Å²) in [5, 5.41) is 17.4. The fourth-order valence-electron chi connectivity index (χ4n) is 1.99. The highest BCUT2D eigenvalue weighted by Crippen LogP contribution is 2.15. The molecule has 2 N–H and O–H groups in total. The minimum atomic E-state index is -0.107. The molecule has 2 rings (SSSR count). The smallest absolute Gasteiger partial charge is 0.185 e. The van der Waals surface area contributed by atoms with Crippen LogP contribution in [0.25, 0.3) is 6.08 Å². The van der Waals surface area contributed by atoms with E-state index in [9.17, 15) is 4.79 Å². The van der Waals surface area contributed by atoms with Gasteiger partial charge in [-0.05, 0) is 48.0 Å². The average molecular weight is 328 g/mol. The van der Waals surface area contributed by atoms with Crippen molar-refractivity contribution in [2.75, 3.05) is 26.4 Å². The Bertz CT molecular complexity index is 659. The third-order valence-corrected chi connectivity index (χ3v) is 3.17. The summed E-state index contributed by atoms with van der Waals surface area (Å²) >= 11 is 0. The molecule has 2 aromatic carbocycles. The lowest BCUT2D eigenvalue weighted by Gasteiger charge is -2.04. The van der Waals surface area contributed by atoms with Crippen molar-refractivity contribution in [3.8, 4) is 11.5 Å². The van der Waals surface area contributed by atoms with Crippen molar-refractivity contribution in [2.45, 2.75) is 0 Å². The van der Waals surface area contributed by atoms with Crippen molar-refractivity contribution in [1.82, 2.24) is 0 Å². The van der Waals surface area contributed by atoms with Crippen LogP contribution in [0.4, 0.5) is 0 Å². The third-order valence-electron chi connectivity index (χ3n) is 3.17. The average Bonchev–Trinajstić information content (AvgIpc) is 2.64. The number of hydrogen-bond acceptors (Lipinski definition) is 5. The molecule has 5 heteroatoms. The van der Waals surface area contributed by atoms with Gasteiger partial charge in [0.25, 0.3) is 0 Å². The number of aliphatic hydroxyl groups is 2. The molecule has 0 aliphatic heterocycles. The van der Waals surface area contributed by atoms with Crippen LogP contribution in [0.2, 0.25) is 0 Å². The summed E-state index contributed by atoms with van der Waals surface area (Å²) in [6, 6.07) is 14.0. The lowest BCUT2D eigenvalue weighted by molar-refractivity contribution is 0.104. The van der Waals surface area contributed by atoms with E-state index in [4.69, 9.17) is 19.7 Å². The standard InChI is InChI=1S/C19H20O5/c20-11-13-23-17-6-1-15(2-7-17)3-10-19(22)16-4-8-18(9-5-16)24-14-12-21/h1-10,20-21H,11-14H2/b10-3+. The van der Waals surface area contributed by atoms with Gasteiger partial charge in [0.2, 0.25) is 0 Å². The van der Waals surface area contributed by atoms with Crippen LogP contribution in [0.1, 0.15) is 15.9 Å². The lowest BCUT2D eigenvalue weighted by Crippen LogP contribution is -2.02. The molecule has 0 amide bonds. The van der Waals surface area contributed by atoms with Gasteiger partial charge >= 0.3 is 0 Å². The molecular formula is C19H20O5. The quantitative estimate of drug-likeness (QED) is 0.546. The highest BCUT2D eigenvalue weighted by atomic mass is 16.5. The number of rotatable bonds is 9. The molecule has 0 heterocycles. The Morgan fingerprint density at radius 2 is 1.33 bits per heavy atom. The summed E-state index contributed by atoms with van der Waals surface area (Å²) in [5.74, 6) is 1.18. The summed E-state index contributed by atoms with van der Waals surface area (Å²) < 4.78 is 10.5. The largest absolute Gasteiger partial charge is 0.491 e. The molecule has 0 aromatic heterocycles. The highest BCUT2D eigenvalue weighted by molar-refractivity contribution is 6.06. The number of hydrogen-bond donors (Lipinski definition) is 2. The zero-order valence-electron chi connectivity index (χ0n) is 13.2. The first-order chi connectivity index (χ1) is 11.7. The summed E-state index contributed by atoms with van der Waals surface area (Å²) in [4.78, 5) is 12.1. The lowest BCUT2D eigenvalue weighted by atomic mass is 10.1. The zero-order chi connectivity index (χ0) is 17.2. The molecular weight excluding hydrogens is 308 g/mol. The molecule has 0 aliphatic carbocycles. The van der Waals surface area contributed by atoms with Crippen molar-refractivity contribution in [1.29, 1.82) is 0 Å². The van der Waals surface area contributed by atoms with Gasteiger partial charge < -0.3 is 19.7 Å². The monoisotopic (exact) mass is 328 g/mol. The number of carbonyl (C=O) groups is 1. The zero-order valence-corrected chi connectivity index (χ0v) is 13.2. The van der Waals surface area contributed by atoms with Crippen LogP contribution in [0.3, 0.4) is 0 Å². The molecule has 0 spiro atoms. The molecule has 0 atom stereocenters. The van der Waals surface area contributed by atoms with E-state index in [0.717, 1.165) is 5.56 Å². The Labute approximate surface area is 140 Å². The highest BCUT2D eigenvalue weighted by Gasteiger charge is 2.02. The molecule has 0 saturated heterocycles. The summed E-state index contributed by atoms with van der Waals surface area (Å²) in [6.07, 6.45) is 3.24. The number of aliphatic hydroxyl groups excluding tert-OH is 2. The van der Waals surface area contributed by atoms with E-state index in [1.165, 1.54) is 6.08 Å².